The lowest BCUT2D eigenvalue weighted by Crippen LogP contribution is -3.00. The lowest BCUT2D eigenvalue weighted by atomic mass is 10.1. The number of rotatable bonds is 1. The predicted molar refractivity (Wildman–Crippen MR) is 53.4 cm³/mol. The number of pyridine rings is 1. The van der Waals surface area contributed by atoms with Gasteiger partial charge in [0.2, 0.25) is 0 Å². The molecule has 1 heterocycles. The molecule has 74 valence electrons. The van der Waals surface area contributed by atoms with Crippen LogP contribution >= 0.6 is 11.8 Å². The highest BCUT2D eigenvalue weighted by Crippen LogP contribution is 2.12. The second-order valence-corrected chi connectivity index (χ2v) is 4.70. The molecule has 13 heavy (non-hydrogen) atoms. The summed E-state index contributed by atoms with van der Waals surface area (Å²) in [7, 11) is 0. The average molecular weight is 262 g/mol. The van der Waals surface area contributed by atoms with E-state index in [1.807, 2.05) is 0 Å². The Hall–Kier alpha value is -0.0200. The largest absolute Gasteiger partial charge is 1.00 e. The number of aromatic nitrogens is 1. The van der Waals surface area contributed by atoms with E-state index in [4.69, 9.17) is 0 Å². The van der Waals surface area contributed by atoms with Gasteiger partial charge in [0.05, 0.1) is 0 Å². The molecule has 3 heteroatoms. The maximum Gasteiger partial charge on any atom is 0.170 e. The molecular formula is C10H16BrNS. The summed E-state index contributed by atoms with van der Waals surface area (Å²) in [6.07, 6.45) is 6.36. The first-order valence-corrected chi connectivity index (χ1v) is 5.32. The normalized spacial score (nSPS) is 10.8. The second-order valence-electron chi connectivity index (χ2n) is 3.82. The molecule has 0 spiro atoms. The number of nitrogens with zero attached hydrogens (tertiary/aromatic N) is 1. The van der Waals surface area contributed by atoms with Gasteiger partial charge in [-0.1, -0.05) is 0 Å². The third kappa shape index (κ3) is 3.69. The van der Waals surface area contributed by atoms with Crippen molar-refractivity contribution in [2.45, 2.75) is 31.2 Å². The molecule has 0 unspecified atom stereocenters. The Morgan fingerprint density at radius 3 is 1.92 bits per heavy atom. The molecule has 0 atom stereocenters. The minimum atomic E-state index is 0. The Bertz CT molecular complexity index is 251. The zero-order valence-electron chi connectivity index (χ0n) is 8.54. The third-order valence-electron chi connectivity index (χ3n) is 1.81. The van der Waals surface area contributed by atoms with Gasteiger partial charge in [0.15, 0.2) is 17.9 Å². The van der Waals surface area contributed by atoms with Gasteiger partial charge in [-0.15, -0.1) is 11.8 Å². The quantitative estimate of drug-likeness (QED) is 0.485. The minimum absolute atomic E-state index is 0. The number of hydrogen-bond acceptors (Lipinski definition) is 1. The molecule has 0 fully saturated rings. The Balaban J connectivity index is 0.00000144. The van der Waals surface area contributed by atoms with Gasteiger partial charge >= 0.3 is 0 Å². The molecule has 0 aromatic carbocycles. The molecule has 1 aromatic heterocycles. The smallest absolute Gasteiger partial charge is 0.170 e. The topological polar surface area (TPSA) is 3.88 Å². The van der Waals surface area contributed by atoms with Crippen molar-refractivity contribution < 1.29 is 21.5 Å². The van der Waals surface area contributed by atoms with Crippen molar-refractivity contribution in [3.63, 3.8) is 0 Å². The average Bonchev–Trinajstić information content (AvgIpc) is 2.03. The van der Waals surface area contributed by atoms with Crippen molar-refractivity contribution in [1.82, 2.24) is 0 Å². The first-order chi connectivity index (χ1) is 5.54. The Kier molecular flexibility index (Phi) is 5.00. The summed E-state index contributed by atoms with van der Waals surface area (Å²) in [5.74, 6) is 0. The molecule has 0 N–H and O–H groups in total. The lowest BCUT2D eigenvalue weighted by Gasteiger charge is -2.12. The lowest BCUT2D eigenvalue weighted by molar-refractivity contribution is -0.754. The highest BCUT2D eigenvalue weighted by molar-refractivity contribution is 7.98. The van der Waals surface area contributed by atoms with Crippen LogP contribution in [-0.4, -0.2) is 6.26 Å². The Morgan fingerprint density at radius 2 is 1.62 bits per heavy atom. The van der Waals surface area contributed by atoms with Crippen molar-refractivity contribution >= 4 is 11.8 Å². The van der Waals surface area contributed by atoms with E-state index in [9.17, 15) is 0 Å². The summed E-state index contributed by atoms with van der Waals surface area (Å²) in [5, 5.41) is 0. The second kappa shape index (κ2) is 5.01. The standard InChI is InChI=1S/C10H16NS.BrH/c1-10(2,3)11-7-5-9(12-4)6-8-11;/h5-8H,1-4H3;1H/q+1;/p-1. The van der Waals surface area contributed by atoms with Crippen molar-refractivity contribution in [1.29, 1.82) is 0 Å². The third-order valence-corrected chi connectivity index (χ3v) is 2.55. The van der Waals surface area contributed by atoms with Crippen molar-refractivity contribution in [2.75, 3.05) is 6.26 Å². The molecule has 0 radical (unpaired) electrons. The van der Waals surface area contributed by atoms with Gasteiger partial charge in [0, 0.05) is 37.8 Å². The summed E-state index contributed by atoms with van der Waals surface area (Å²) in [4.78, 5) is 1.32. The highest BCUT2D eigenvalue weighted by atomic mass is 79.9. The van der Waals surface area contributed by atoms with Gasteiger partial charge in [-0.2, -0.15) is 0 Å². The molecule has 0 amide bonds. The maximum atomic E-state index is 2.22. The zero-order valence-corrected chi connectivity index (χ0v) is 10.9. The molecule has 0 saturated carbocycles. The van der Waals surface area contributed by atoms with Crippen LogP contribution in [0.5, 0.6) is 0 Å². The van der Waals surface area contributed by atoms with E-state index in [0.717, 1.165) is 0 Å². The minimum Gasteiger partial charge on any atom is -1.00 e. The van der Waals surface area contributed by atoms with Gasteiger partial charge in [0.1, 0.15) is 0 Å². The van der Waals surface area contributed by atoms with Crippen LogP contribution in [0.1, 0.15) is 20.8 Å². The van der Waals surface area contributed by atoms with Crippen LogP contribution < -0.4 is 21.5 Å². The highest BCUT2D eigenvalue weighted by Gasteiger charge is 2.19. The van der Waals surface area contributed by atoms with Crippen LogP contribution in [0.4, 0.5) is 0 Å². The first-order valence-electron chi connectivity index (χ1n) is 4.10. The molecule has 1 aromatic rings. The van der Waals surface area contributed by atoms with Gasteiger partial charge in [0.25, 0.3) is 0 Å². The van der Waals surface area contributed by atoms with Crippen LogP contribution in [0.15, 0.2) is 29.4 Å². The van der Waals surface area contributed by atoms with Gasteiger partial charge in [-0.25, -0.2) is 4.57 Å². The fraction of sp³-hybridized carbons (Fsp3) is 0.500. The van der Waals surface area contributed by atoms with E-state index in [1.54, 1.807) is 11.8 Å². The number of halogens is 1. The van der Waals surface area contributed by atoms with Crippen molar-refractivity contribution in [3.8, 4) is 0 Å². The van der Waals surface area contributed by atoms with E-state index in [1.165, 1.54) is 4.90 Å². The van der Waals surface area contributed by atoms with Gasteiger partial charge in [-0.3, -0.25) is 0 Å². The van der Waals surface area contributed by atoms with E-state index >= 15 is 0 Å². The van der Waals surface area contributed by atoms with Crippen LogP contribution in [0.2, 0.25) is 0 Å². The molecule has 0 bridgehead atoms. The van der Waals surface area contributed by atoms with E-state index < -0.39 is 0 Å². The number of thioether (sulfide) groups is 1. The fourth-order valence-corrected chi connectivity index (χ4v) is 1.39. The number of hydrogen-bond donors (Lipinski definition) is 0. The Labute approximate surface area is 95.3 Å². The van der Waals surface area contributed by atoms with Crippen LogP contribution in [0, 0.1) is 0 Å². The summed E-state index contributed by atoms with van der Waals surface area (Å²) in [6, 6.07) is 4.30. The molecule has 0 saturated heterocycles. The van der Waals surface area contributed by atoms with Crippen LogP contribution in [-0.2, 0) is 5.54 Å². The van der Waals surface area contributed by atoms with Crippen LogP contribution in [0.3, 0.4) is 0 Å². The van der Waals surface area contributed by atoms with E-state index in [-0.39, 0.29) is 22.5 Å². The zero-order chi connectivity index (χ0) is 9.19. The molecule has 0 aliphatic carbocycles. The van der Waals surface area contributed by atoms with Gasteiger partial charge in [-0.05, 0) is 6.26 Å². The monoisotopic (exact) mass is 261 g/mol. The predicted octanol–water partition coefficient (Wildman–Crippen LogP) is -0.545. The van der Waals surface area contributed by atoms with Gasteiger partial charge < -0.3 is 17.0 Å². The molecular weight excluding hydrogens is 246 g/mol. The van der Waals surface area contributed by atoms with Crippen molar-refractivity contribution in [2.24, 2.45) is 0 Å². The summed E-state index contributed by atoms with van der Waals surface area (Å²) >= 11 is 1.77. The molecule has 1 nitrogen and oxygen atoms in total. The first kappa shape index (κ1) is 13.0. The van der Waals surface area contributed by atoms with Crippen LogP contribution in [0.25, 0.3) is 0 Å². The summed E-state index contributed by atoms with van der Waals surface area (Å²) in [5.41, 5.74) is 0.191. The fourth-order valence-electron chi connectivity index (χ4n) is 0.996. The Morgan fingerprint density at radius 1 is 1.15 bits per heavy atom. The molecule has 0 aliphatic rings. The van der Waals surface area contributed by atoms with Crippen molar-refractivity contribution in [3.05, 3.63) is 24.5 Å². The van der Waals surface area contributed by atoms with E-state index in [2.05, 4.69) is 56.1 Å². The molecule has 1 rings (SSSR count). The molecule has 0 aliphatic heterocycles. The summed E-state index contributed by atoms with van der Waals surface area (Å²) < 4.78 is 2.22. The SMILES string of the molecule is CSc1cc[n+](C(C)(C)C)cc1.[Br-]. The van der Waals surface area contributed by atoms with E-state index in [0.29, 0.717) is 0 Å². The summed E-state index contributed by atoms with van der Waals surface area (Å²) in [6.45, 7) is 6.60. The maximum absolute atomic E-state index is 2.22.